The molecule has 0 aliphatic rings. The zero-order chi connectivity index (χ0) is 14.7. The van der Waals surface area contributed by atoms with E-state index in [1.54, 1.807) is 11.3 Å². The fourth-order valence-corrected chi connectivity index (χ4v) is 2.77. The average Bonchev–Trinajstić information content (AvgIpc) is 3.05. The van der Waals surface area contributed by atoms with Crippen LogP contribution in [0, 0.1) is 5.92 Å². The molecule has 20 heavy (non-hydrogen) atoms. The smallest absolute Gasteiger partial charge is 0.371 e. The van der Waals surface area contributed by atoms with Crippen LogP contribution in [0.5, 0.6) is 0 Å². The summed E-state index contributed by atoms with van der Waals surface area (Å²) < 4.78 is 5.00. The summed E-state index contributed by atoms with van der Waals surface area (Å²) in [5, 5.41) is 13.6. The summed E-state index contributed by atoms with van der Waals surface area (Å²) in [4.78, 5) is 23.9. The number of nitrogens with one attached hydrogen (secondary N) is 1. The highest BCUT2D eigenvalue weighted by Crippen LogP contribution is 2.26. The maximum atomic E-state index is 12.1. The molecule has 2 rings (SSSR count). The first-order valence-corrected chi connectivity index (χ1v) is 7.04. The average molecular weight is 293 g/mol. The number of carboxylic acid groups (broad SMARTS) is 1. The van der Waals surface area contributed by atoms with Crippen LogP contribution in [0.2, 0.25) is 0 Å². The Balaban J connectivity index is 2.14. The SMILES string of the molecule is CC(C)C(NC(=O)c1ccc(C(=O)O)o1)c1cccs1. The van der Waals surface area contributed by atoms with Gasteiger partial charge >= 0.3 is 5.97 Å². The molecule has 2 aromatic rings. The minimum Gasteiger partial charge on any atom is -0.475 e. The molecule has 2 heterocycles. The zero-order valence-corrected chi connectivity index (χ0v) is 11.9. The third-order valence-corrected chi connectivity index (χ3v) is 3.80. The normalized spacial score (nSPS) is 12.3. The van der Waals surface area contributed by atoms with Crippen molar-refractivity contribution in [1.82, 2.24) is 5.32 Å². The Kier molecular flexibility index (Phi) is 4.24. The standard InChI is InChI=1S/C14H15NO4S/c1-8(2)12(11-4-3-7-20-11)15-13(16)9-5-6-10(19-9)14(17)18/h3-8,12H,1-2H3,(H,15,16)(H,17,18). The first kappa shape index (κ1) is 14.3. The zero-order valence-electron chi connectivity index (χ0n) is 11.1. The molecule has 0 aliphatic carbocycles. The van der Waals surface area contributed by atoms with Crippen LogP contribution in [-0.2, 0) is 0 Å². The summed E-state index contributed by atoms with van der Waals surface area (Å²) in [5.74, 6) is -1.63. The van der Waals surface area contributed by atoms with Crippen LogP contribution in [0.4, 0.5) is 0 Å². The van der Waals surface area contributed by atoms with Crippen LogP contribution in [-0.4, -0.2) is 17.0 Å². The maximum Gasteiger partial charge on any atom is 0.371 e. The van der Waals surface area contributed by atoms with E-state index in [1.807, 2.05) is 31.4 Å². The first-order chi connectivity index (χ1) is 9.49. The molecule has 0 aliphatic heterocycles. The van der Waals surface area contributed by atoms with Gasteiger partial charge in [0.05, 0.1) is 6.04 Å². The molecule has 0 fully saturated rings. The van der Waals surface area contributed by atoms with Gasteiger partial charge < -0.3 is 14.8 Å². The van der Waals surface area contributed by atoms with E-state index in [4.69, 9.17) is 9.52 Å². The van der Waals surface area contributed by atoms with Gasteiger partial charge in [0.15, 0.2) is 5.76 Å². The van der Waals surface area contributed by atoms with Crippen molar-refractivity contribution in [3.8, 4) is 0 Å². The van der Waals surface area contributed by atoms with Crippen LogP contribution in [0.15, 0.2) is 34.1 Å². The van der Waals surface area contributed by atoms with E-state index in [0.717, 1.165) is 4.88 Å². The number of hydrogen-bond donors (Lipinski definition) is 2. The van der Waals surface area contributed by atoms with Gasteiger partial charge in [0.2, 0.25) is 5.76 Å². The third-order valence-electron chi connectivity index (χ3n) is 2.84. The molecule has 1 amide bonds. The molecular formula is C14H15NO4S. The fourth-order valence-electron chi connectivity index (χ4n) is 1.82. The van der Waals surface area contributed by atoms with Crippen LogP contribution in [0.3, 0.4) is 0 Å². The van der Waals surface area contributed by atoms with Gasteiger partial charge in [0.1, 0.15) is 0 Å². The number of furan rings is 1. The Morgan fingerprint density at radius 2 is 1.95 bits per heavy atom. The van der Waals surface area contributed by atoms with E-state index in [-0.39, 0.29) is 23.5 Å². The molecule has 0 bridgehead atoms. The molecule has 0 saturated heterocycles. The number of hydrogen-bond acceptors (Lipinski definition) is 4. The van der Waals surface area contributed by atoms with E-state index >= 15 is 0 Å². The van der Waals surface area contributed by atoms with Crippen molar-refractivity contribution < 1.29 is 19.1 Å². The fraction of sp³-hybridized carbons (Fsp3) is 0.286. The number of aromatic carboxylic acids is 1. The van der Waals surface area contributed by atoms with Gasteiger partial charge in [0.25, 0.3) is 5.91 Å². The van der Waals surface area contributed by atoms with Crippen molar-refractivity contribution >= 4 is 23.2 Å². The van der Waals surface area contributed by atoms with Crippen LogP contribution in [0.25, 0.3) is 0 Å². The van der Waals surface area contributed by atoms with E-state index in [9.17, 15) is 9.59 Å². The van der Waals surface area contributed by atoms with Gasteiger partial charge in [-0.1, -0.05) is 19.9 Å². The number of carbonyl (C=O) groups excluding carboxylic acids is 1. The van der Waals surface area contributed by atoms with Gasteiger partial charge in [-0.05, 0) is 29.5 Å². The number of carboxylic acids is 1. The Bertz CT molecular complexity index is 600. The van der Waals surface area contributed by atoms with Crippen molar-refractivity contribution in [2.24, 2.45) is 5.92 Å². The van der Waals surface area contributed by atoms with Gasteiger partial charge in [-0.3, -0.25) is 4.79 Å². The first-order valence-electron chi connectivity index (χ1n) is 6.16. The van der Waals surface area contributed by atoms with Crippen molar-refractivity contribution in [2.45, 2.75) is 19.9 Å². The monoisotopic (exact) mass is 293 g/mol. The molecule has 2 N–H and O–H groups in total. The molecule has 0 radical (unpaired) electrons. The molecular weight excluding hydrogens is 278 g/mol. The summed E-state index contributed by atoms with van der Waals surface area (Å²) in [5.41, 5.74) is 0. The van der Waals surface area contributed by atoms with Crippen molar-refractivity contribution in [3.63, 3.8) is 0 Å². The number of thiophene rings is 1. The van der Waals surface area contributed by atoms with E-state index in [2.05, 4.69) is 5.32 Å². The Morgan fingerprint density at radius 1 is 1.25 bits per heavy atom. The second-order valence-electron chi connectivity index (χ2n) is 4.68. The summed E-state index contributed by atoms with van der Waals surface area (Å²) in [6, 6.07) is 6.40. The van der Waals surface area contributed by atoms with Crippen molar-refractivity contribution in [2.75, 3.05) is 0 Å². The van der Waals surface area contributed by atoms with Crippen LogP contribution in [0.1, 0.15) is 45.9 Å². The Morgan fingerprint density at radius 3 is 2.45 bits per heavy atom. The third kappa shape index (κ3) is 3.08. The summed E-state index contributed by atoms with van der Waals surface area (Å²) in [6.45, 7) is 4.02. The lowest BCUT2D eigenvalue weighted by molar-refractivity contribution is 0.0659. The molecule has 6 heteroatoms. The molecule has 1 atom stereocenters. The lowest BCUT2D eigenvalue weighted by atomic mass is 10.0. The minimum atomic E-state index is -1.19. The highest BCUT2D eigenvalue weighted by atomic mass is 32.1. The number of amides is 1. The van der Waals surface area contributed by atoms with E-state index in [0.29, 0.717) is 0 Å². The Labute approximate surface area is 120 Å². The van der Waals surface area contributed by atoms with E-state index in [1.165, 1.54) is 12.1 Å². The summed E-state index contributed by atoms with van der Waals surface area (Å²) in [6.07, 6.45) is 0. The molecule has 2 aromatic heterocycles. The van der Waals surface area contributed by atoms with Crippen LogP contribution >= 0.6 is 11.3 Å². The van der Waals surface area contributed by atoms with Gasteiger partial charge in [0, 0.05) is 4.88 Å². The van der Waals surface area contributed by atoms with Crippen molar-refractivity contribution in [1.29, 1.82) is 0 Å². The second kappa shape index (κ2) is 5.92. The van der Waals surface area contributed by atoms with Crippen LogP contribution < -0.4 is 5.32 Å². The molecule has 0 spiro atoms. The highest BCUT2D eigenvalue weighted by molar-refractivity contribution is 7.10. The van der Waals surface area contributed by atoms with Gasteiger partial charge in [-0.25, -0.2) is 4.79 Å². The molecule has 0 aromatic carbocycles. The largest absolute Gasteiger partial charge is 0.475 e. The maximum absolute atomic E-state index is 12.1. The molecule has 0 saturated carbocycles. The topological polar surface area (TPSA) is 79.5 Å². The summed E-state index contributed by atoms with van der Waals surface area (Å²) >= 11 is 1.57. The minimum absolute atomic E-state index is 0.00426. The Hall–Kier alpha value is -2.08. The van der Waals surface area contributed by atoms with Crippen molar-refractivity contribution in [3.05, 3.63) is 46.0 Å². The highest BCUT2D eigenvalue weighted by Gasteiger charge is 2.22. The number of rotatable bonds is 5. The predicted octanol–water partition coefficient (Wildman–Crippen LogP) is 3.17. The lowest BCUT2D eigenvalue weighted by Crippen LogP contribution is -2.30. The second-order valence-corrected chi connectivity index (χ2v) is 5.66. The summed E-state index contributed by atoms with van der Waals surface area (Å²) in [7, 11) is 0. The van der Waals surface area contributed by atoms with Gasteiger partial charge in [-0.2, -0.15) is 0 Å². The predicted molar refractivity (Wildman–Crippen MR) is 75.0 cm³/mol. The lowest BCUT2D eigenvalue weighted by Gasteiger charge is -2.20. The quantitative estimate of drug-likeness (QED) is 0.887. The molecule has 5 nitrogen and oxygen atoms in total. The number of carbonyl (C=O) groups is 2. The van der Waals surface area contributed by atoms with E-state index < -0.39 is 11.9 Å². The molecule has 106 valence electrons. The van der Waals surface area contributed by atoms with Gasteiger partial charge in [-0.15, -0.1) is 11.3 Å². The molecule has 1 unspecified atom stereocenters.